The van der Waals surface area contributed by atoms with Crippen LogP contribution in [0.25, 0.3) is 11.1 Å². The highest BCUT2D eigenvalue weighted by Crippen LogP contribution is 2.43. The Morgan fingerprint density at radius 3 is 2.19 bits per heavy atom. The van der Waals surface area contributed by atoms with Crippen molar-refractivity contribution in [1.29, 1.82) is 0 Å². The molecule has 322 valence electrons. The summed E-state index contributed by atoms with van der Waals surface area (Å²) in [5.74, 6) is -0.234. The Morgan fingerprint density at radius 1 is 0.841 bits per heavy atom. The van der Waals surface area contributed by atoms with Crippen molar-refractivity contribution in [3.8, 4) is 22.6 Å². The molecule has 6 aromatic carbocycles. The van der Waals surface area contributed by atoms with E-state index in [0.717, 1.165) is 45.4 Å². The molecule has 2 amide bonds. The molecule has 0 fully saturated rings. The minimum atomic E-state index is -0.958. The van der Waals surface area contributed by atoms with Crippen molar-refractivity contribution >= 4 is 46.7 Å². The Morgan fingerprint density at radius 2 is 1.52 bits per heavy atom. The average Bonchev–Trinajstić information content (AvgIpc) is 3.30. The summed E-state index contributed by atoms with van der Waals surface area (Å²) < 4.78 is 31.2. The molecule has 2 heterocycles. The normalized spacial score (nSPS) is 16.9. The van der Waals surface area contributed by atoms with Gasteiger partial charge in [-0.15, -0.1) is 0 Å². The topological polar surface area (TPSA) is 97.4 Å². The summed E-state index contributed by atoms with van der Waals surface area (Å²) >= 11 is 12.2. The van der Waals surface area contributed by atoms with Gasteiger partial charge in [0.15, 0.2) is 0 Å². The van der Waals surface area contributed by atoms with Gasteiger partial charge in [-0.05, 0) is 100 Å². The lowest BCUT2D eigenvalue weighted by molar-refractivity contribution is -0.146. The monoisotopic (exact) mass is 885 g/mol. The van der Waals surface area contributed by atoms with Crippen LogP contribution in [0.1, 0.15) is 58.9 Å². The molecule has 2 aliphatic heterocycles. The smallest absolute Gasteiger partial charge is 0.328 e. The molecule has 0 saturated heterocycles. The zero-order valence-corrected chi connectivity index (χ0v) is 36.5. The van der Waals surface area contributed by atoms with E-state index in [0.29, 0.717) is 52.4 Å². The van der Waals surface area contributed by atoms with Crippen LogP contribution in [0, 0.1) is 5.82 Å². The third-order valence-corrected chi connectivity index (χ3v) is 12.6. The predicted octanol–water partition coefficient (Wildman–Crippen LogP) is 10.3. The van der Waals surface area contributed by atoms with Gasteiger partial charge in [0.25, 0.3) is 5.91 Å². The second kappa shape index (κ2) is 19.0. The lowest BCUT2D eigenvalue weighted by Gasteiger charge is -2.42. The number of nitrogens with zero attached hydrogens (tertiary/aromatic N) is 2. The van der Waals surface area contributed by atoms with Crippen LogP contribution in [0.15, 0.2) is 133 Å². The molecule has 63 heavy (non-hydrogen) atoms. The number of carbonyl (C=O) groups excluding carboxylic acids is 3. The maximum Gasteiger partial charge on any atom is 0.328 e. The van der Waals surface area contributed by atoms with E-state index >= 15 is 0 Å². The maximum atomic E-state index is 14.6. The van der Waals surface area contributed by atoms with E-state index in [2.05, 4.69) is 29.3 Å². The highest BCUT2D eigenvalue weighted by atomic mass is 35.5. The predicted molar refractivity (Wildman–Crippen MR) is 242 cm³/mol. The van der Waals surface area contributed by atoms with Crippen molar-refractivity contribution in [3.05, 3.63) is 183 Å². The van der Waals surface area contributed by atoms with Crippen molar-refractivity contribution in [2.75, 3.05) is 19.1 Å². The zero-order valence-electron chi connectivity index (χ0n) is 35.0. The quantitative estimate of drug-likeness (QED) is 0.115. The molecule has 12 heteroatoms. The van der Waals surface area contributed by atoms with Crippen LogP contribution >= 0.6 is 23.2 Å². The van der Waals surface area contributed by atoms with Crippen molar-refractivity contribution in [2.24, 2.45) is 0 Å². The van der Waals surface area contributed by atoms with Gasteiger partial charge in [0.1, 0.15) is 30.0 Å². The molecule has 9 nitrogen and oxygen atoms in total. The van der Waals surface area contributed by atoms with Crippen LogP contribution in [0.4, 0.5) is 10.1 Å². The summed E-state index contributed by atoms with van der Waals surface area (Å²) in [5.41, 5.74) is 7.68. The molecular weight excluding hydrogens is 840 g/mol. The second-order valence-corrected chi connectivity index (χ2v) is 16.6. The highest BCUT2D eigenvalue weighted by Gasteiger charge is 2.40. The molecule has 2 aliphatic rings. The minimum absolute atomic E-state index is 0.128. The number of halogens is 3. The summed E-state index contributed by atoms with van der Waals surface area (Å²) in [4.78, 5) is 45.6. The number of amides is 2. The molecule has 8 rings (SSSR count). The molecule has 0 spiro atoms. The lowest BCUT2D eigenvalue weighted by atomic mass is 9.88. The zero-order chi connectivity index (χ0) is 44.2. The summed E-state index contributed by atoms with van der Waals surface area (Å²) in [5, 5.41) is 3.98. The van der Waals surface area contributed by atoms with Gasteiger partial charge in [-0.3, -0.25) is 14.5 Å². The standard InChI is InChI=1S/C51H46Cl2FN3O6/c1-4-44(35-8-6-5-7-9-35)57-29-38-28-47-45(56(2)50(59)48(63-47)36-17-21-40(22-18-36)62-30-32-12-23-41(52)42(53)24-32)26-37(38)27-46(57)49(58)55-43(51(60)61-3)25-31-10-13-33(14-11-31)34-15-19-39(54)20-16-34/h5-24,26,28,43-44,46,48H,4,25,27,29-30H2,1-3H3,(H,55,58)/t43-,44-,46-,48+/m0/s1. The Balaban J connectivity index is 1.03. The van der Waals surface area contributed by atoms with Crippen molar-refractivity contribution in [3.63, 3.8) is 0 Å². The Labute approximate surface area is 376 Å². The number of fused-ring (bicyclic) bond motifs is 2. The van der Waals surface area contributed by atoms with E-state index in [9.17, 15) is 18.8 Å². The fourth-order valence-electron chi connectivity index (χ4n) is 8.42. The maximum absolute atomic E-state index is 14.6. The van der Waals surface area contributed by atoms with Gasteiger partial charge < -0.3 is 24.4 Å². The Hall–Kier alpha value is -6.20. The fraction of sp³-hybridized carbons (Fsp3) is 0.235. The van der Waals surface area contributed by atoms with Crippen molar-refractivity contribution in [2.45, 2.75) is 63.6 Å². The molecule has 0 saturated carbocycles. The molecule has 1 N–H and O–H groups in total. The number of hydrogen-bond acceptors (Lipinski definition) is 7. The van der Waals surface area contributed by atoms with E-state index in [1.165, 1.54) is 19.2 Å². The van der Waals surface area contributed by atoms with Crippen LogP contribution in [0.5, 0.6) is 11.5 Å². The number of rotatable bonds is 13. The highest BCUT2D eigenvalue weighted by molar-refractivity contribution is 6.42. The van der Waals surface area contributed by atoms with Gasteiger partial charge >= 0.3 is 5.97 Å². The summed E-state index contributed by atoms with van der Waals surface area (Å²) in [6, 6.07) is 38.7. The van der Waals surface area contributed by atoms with Crippen LogP contribution < -0.4 is 19.7 Å². The van der Waals surface area contributed by atoms with E-state index < -0.39 is 24.2 Å². The van der Waals surface area contributed by atoms with Gasteiger partial charge in [0.05, 0.1) is 28.9 Å². The molecule has 0 radical (unpaired) electrons. The third-order valence-electron chi connectivity index (χ3n) is 11.8. The van der Waals surface area contributed by atoms with Crippen LogP contribution in [0.2, 0.25) is 10.0 Å². The number of esters is 1. The average molecular weight is 887 g/mol. The van der Waals surface area contributed by atoms with Crippen molar-refractivity contribution in [1.82, 2.24) is 10.2 Å². The number of ether oxygens (including phenoxy) is 3. The van der Waals surface area contributed by atoms with E-state index in [4.69, 9.17) is 37.4 Å². The number of hydrogen-bond donors (Lipinski definition) is 1. The Bertz CT molecular complexity index is 2610. The molecule has 0 unspecified atom stereocenters. The number of anilines is 1. The molecular formula is C51H46Cl2FN3O6. The second-order valence-electron chi connectivity index (χ2n) is 15.8. The van der Waals surface area contributed by atoms with Crippen LogP contribution in [-0.2, 0) is 45.1 Å². The summed E-state index contributed by atoms with van der Waals surface area (Å²) in [6.45, 7) is 2.80. The first-order valence-electron chi connectivity index (χ1n) is 20.8. The fourth-order valence-corrected chi connectivity index (χ4v) is 8.74. The largest absolute Gasteiger partial charge is 0.489 e. The molecule has 0 aromatic heterocycles. The molecule has 6 aromatic rings. The number of methoxy groups -OCH3 is 1. The minimum Gasteiger partial charge on any atom is -0.489 e. The van der Waals surface area contributed by atoms with Crippen LogP contribution in [-0.4, -0.2) is 48.9 Å². The number of benzene rings is 6. The SMILES string of the molecule is CC[C@@H](c1ccccc1)N1Cc2cc3c(cc2C[C@H]1C(=O)N[C@@H](Cc1ccc(-c2ccc(F)cc2)cc1)C(=O)OC)N(C)C(=O)[C@@H](c1ccc(OCc2ccc(Cl)c(Cl)c2)cc1)O3. The van der Waals surface area contributed by atoms with Crippen LogP contribution in [0.3, 0.4) is 0 Å². The first-order valence-corrected chi connectivity index (χ1v) is 21.6. The summed E-state index contributed by atoms with van der Waals surface area (Å²) in [7, 11) is 3.04. The lowest BCUT2D eigenvalue weighted by Crippen LogP contribution is -2.55. The van der Waals surface area contributed by atoms with E-state index in [1.807, 2.05) is 72.8 Å². The van der Waals surface area contributed by atoms with Gasteiger partial charge in [0, 0.05) is 31.6 Å². The van der Waals surface area contributed by atoms with Gasteiger partial charge in [-0.25, -0.2) is 9.18 Å². The van der Waals surface area contributed by atoms with Gasteiger partial charge in [0.2, 0.25) is 12.0 Å². The number of likely N-dealkylation sites (N-methyl/N-ethyl adjacent to an activating group) is 1. The van der Waals surface area contributed by atoms with Crippen molar-refractivity contribution < 1.29 is 33.0 Å². The van der Waals surface area contributed by atoms with Gasteiger partial charge in [-0.2, -0.15) is 0 Å². The first-order chi connectivity index (χ1) is 30.5. The molecule has 0 aliphatic carbocycles. The van der Waals surface area contributed by atoms with Gasteiger partial charge in [-0.1, -0.05) is 115 Å². The molecule has 4 atom stereocenters. The first kappa shape index (κ1) is 43.4. The summed E-state index contributed by atoms with van der Waals surface area (Å²) in [6.07, 6.45) is 0.365. The molecule has 0 bridgehead atoms. The Kier molecular flexibility index (Phi) is 13.1. The number of nitrogens with one attached hydrogen (secondary N) is 1. The number of carbonyl (C=O) groups is 3. The third kappa shape index (κ3) is 9.59. The van der Waals surface area contributed by atoms with E-state index in [-0.39, 0.29) is 30.1 Å². The van der Waals surface area contributed by atoms with E-state index in [1.54, 1.807) is 48.3 Å².